The highest BCUT2D eigenvalue weighted by molar-refractivity contribution is 7.13. The molecule has 8 rings (SSSR count). The SMILES string of the molecule is O=C(NCCCCc1cn(-c2ccc(-c3nc(/C=C/c4ccc5oc6ccccc6c5c4)cs3)c(OCCN3CCNC3=O)c2)nn1)OCc1ccccc1. The van der Waals surface area contributed by atoms with Crippen LogP contribution in [0.15, 0.2) is 107 Å². The minimum absolute atomic E-state index is 0.0806. The molecule has 1 saturated heterocycles. The van der Waals surface area contributed by atoms with E-state index in [1.54, 1.807) is 9.58 Å². The van der Waals surface area contributed by atoms with Crippen molar-refractivity contribution >= 4 is 57.6 Å². The number of furan rings is 1. The Morgan fingerprint density at radius 1 is 0.964 bits per heavy atom. The van der Waals surface area contributed by atoms with E-state index < -0.39 is 6.09 Å². The lowest BCUT2D eigenvalue weighted by molar-refractivity contribution is 0.139. The number of nitrogens with zero attached hydrogens (tertiary/aromatic N) is 5. The van der Waals surface area contributed by atoms with Crippen LogP contribution in [0.2, 0.25) is 0 Å². The Morgan fingerprint density at radius 3 is 2.73 bits per heavy atom. The normalized spacial score (nSPS) is 12.9. The average Bonchev–Trinajstić information content (AvgIpc) is 4.04. The zero-order chi connectivity index (χ0) is 37.4. The summed E-state index contributed by atoms with van der Waals surface area (Å²) in [5.41, 5.74) is 7.05. The monoisotopic (exact) mass is 753 g/mol. The Kier molecular flexibility index (Phi) is 10.8. The molecule has 7 aromatic rings. The quantitative estimate of drug-likeness (QED) is 0.100. The molecule has 0 radical (unpaired) electrons. The first-order valence-electron chi connectivity index (χ1n) is 18.3. The molecule has 1 aliphatic rings. The van der Waals surface area contributed by atoms with Gasteiger partial charge in [-0.25, -0.2) is 19.3 Å². The highest BCUT2D eigenvalue weighted by Crippen LogP contribution is 2.35. The van der Waals surface area contributed by atoms with Crippen LogP contribution in [0.3, 0.4) is 0 Å². The van der Waals surface area contributed by atoms with Gasteiger partial charge in [0.25, 0.3) is 0 Å². The van der Waals surface area contributed by atoms with Crippen LogP contribution >= 0.6 is 11.3 Å². The zero-order valence-corrected chi connectivity index (χ0v) is 30.8. The highest BCUT2D eigenvalue weighted by Gasteiger charge is 2.20. The number of nitrogens with one attached hydrogen (secondary N) is 2. The largest absolute Gasteiger partial charge is 0.491 e. The molecular formula is C42H39N7O5S. The fourth-order valence-electron chi connectivity index (χ4n) is 6.39. The number of alkyl carbamates (subject to hydrolysis) is 1. The molecule has 0 bridgehead atoms. The van der Waals surface area contributed by atoms with Gasteiger partial charge in [0.05, 0.1) is 35.4 Å². The van der Waals surface area contributed by atoms with E-state index in [0.29, 0.717) is 45.0 Å². The van der Waals surface area contributed by atoms with Crippen LogP contribution in [0.5, 0.6) is 5.75 Å². The van der Waals surface area contributed by atoms with Gasteiger partial charge in [-0.3, -0.25) is 0 Å². The summed E-state index contributed by atoms with van der Waals surface area (Å²) in [5, 5.41) is 19.4. The summed E-state index contributed by atoms with van der Waals surface area (Å²) in [6.07, 6.45) is 7.85. The van der Waals surface area contributed by atoms with Crippen LogP contribution in [0.4, 0.5) is 9.59 Å². The molecule has 4 heterocycles. The van der Waals surface area contributed by atoms with Gasteiger partial charge in [0.1, 0.15) is 35.1 Å². The number of rotatable bonds is 15. The van der Waals surface area contributed by atoms with Gasteiger partial charge in [-0.05, 0) is 66.8 Å². The third-order valence-corrected chi connectivity index (χ3v) is 10.2. The Balaban J connectivity index is 0.917. The minimum Gasteiger partial charge on any atom is -0.491 e. The van der Waals surface area contributed by atoms with Gasteiger partial charge in [-0.2, -0.15) is 0 Å². The standard InChI is InChI=1S/C42H39N7O5S/c50-41-43-20-21-48(41)22-23-52-39-25-33(49-26-31(46-47-49)10-6-7-19-44-42(51)53-27-30-8-2-1-3-9-30)16-17-35(39)40-45-32(28-55-40)15-13-29-14-18-38-36(24-29)34-11-4-5-12-37(34)54-38/h1-5,8-9,11-18,24-26,28H,6-7,10,19-23,27H2,(H,43,50)(H,44,51)/b15-13+. The molecule has 0 aliphatic carbocycles. The van der Waals surface area contributed by atoms with Gasteiger partial charge in [0.15, 0.2) is 0 Å². The van der Waals surface area contributed by atoms with E-state index in [1.165, 1.54) is 11.3 Å². The molecule has 0 spiro atoms. The fourth-order valence-corrected chi connectivity index (χ4v) is 7.21. The first-order chi connectivity index (χ1) is 27.1. The number of hydrogen-bond donors (Lipinski definition) is 2. The molecule has 1 fully saturated rings. The molecular weight excluding hydrogens is 715 g/mol. The number of aromatic nitrogens is 4. The minimum atomic E-state index is -0.428. The van der Waals surface area contributed by atoms with E-state index in [1.807, 2.05) is 96.5 Å². The number of carbonyl (C=O) groups is 2. The van der Waals surface area contributed by atoms with Crippen LogP contribution in [-0.2, 0) is 17.8 Å². The van der Waals surface area contributed by atoms with Crippen molar-refractivity contribution < 1.29 is 23.5 Å². The molecule has 3 aromatic heterocycles. The van der Waals surface area contributed by atoms with E-state index in [9.17, 15) is 9.59 Å². The number of fused-ring (bicyclic) bond motifs is 3. The number of hydrogen-bond acceptors (Lipinski definition) is 9. The van der Waals surface area contributed by atoms with Crippen molar-refractivity contribution in [3.05, 3.63) is 125 Å². The lowest BCUT2D eigenvalue weighted by atomic mass is 10.1. The number of unbranched alkanes of at least 4 members (excludes halogenated alkanes) is 1. The van der Waals surface area contributed by atoms with Gasteiger partial charge in [0, 0.05) is 41.9 Å². The van der Waals surface area contributed by atoms with Gasteiger partial charge >= 0.3 is 12.1 Å². The van der Waals surface area contributed by atoms with Crippen molar-refractivity contribution in [3.8, 4) is 22.0 Å². The van der Waals surface area contributed by atoms with E-state index in [-0.39, 0.29) is 12.6 Å². The lowest BCUT2D eigenvalue weighted by Gasteiger charge is -2.16. The van der Waals surface area contributed by atoms with Crippen molar-refractivity contribution in [2.24, 2.45) is 0 Å². The molecule has 13 heteroatoms. The molecule has 278 valence electrons. The number of thiazole rings is 1. The Labute approximate surface area is 321 Å². The van der Waals surface area contributed by atoms with E-state index in [4.69, 9.17) is 18.9 Å². The smallest absolute Gasteiger partial charge is 0.407 e. The molecule has 0 unspecified atom stereocenters. The lowest BCUT2D eigenvalue weighted by Crippen LogP contribution is -2.31. The molecule has 2 N–H and O–H groups in total. The first kappa shape index (κ1) is 35.6. The Bertz CT molecular complexity index is 2450. The van der Waals surface area contributed by atoms with Crippen molar-refractivity contribution in [3.63, 3.8) is 0 Å². The molecule has 55 heavy (non-hydrogen) atoms. The predicted molar refractivity (Wildman–Crippen MR) is 213 cm³/mol. The fraction of sp³-hybridized carbons (Fsp3) is 0.214. The summed E-state index contributed by atoms with van der Waals surface area (Å²) in [7, 11) is 0. The summed E-state index contributed by atoms with van der Waals surface area (Å²) < 4.78 is 19.3. The van der Waals surface area contributed by atoms with Crippen molar-refractivity contribution in [2.75, 3.05) is 32.8 Å². The number of carbonyl (C=O) groups excluding carboxylic acids is 2. The predicted octanol–water partition coefficient (Wildman–Crippen LogP) is 8.11. The topological polar surface area (TPSA) is 137 Å². The van der Waals surface area contributed by atoms with Crippen LogP contribution in [0, 0.1) is 0 Å². The van der Waals surface area contributed by atoms with Gasteiger partial charge in [-0.15, -0.1) is 16.4 Å². The second-order valence-corrected chi connectivity index (χ2v) is 14.0. The van der Waals surface area contributed by atoms with Crippen molar-refractivity contribution in [2.45, 2.75) is 25.9 Å². The summed E-state index contributed by atoms with van der Waals surface area (Å²) in [6.45, 7) is 2.82. The van der Waals surface area contributed by atoms with E-state index >= 15 is 0 Å². The molecule has 4 aromatic carbocycles. The molecule has 1 aliphatic heterocycles. The number of ether oxygens (including phenoxy) is 2. The van der Waals surface area contributed by atoms with Gasteiger partial charge in [-0.1, -0.05) is 65.9 Å². The maximum absolute atomic E-state index is 12.1. The Morgan fingerprint density at radius 2 is 1.84 bits per heavy atom. The van der Waals surface area contributed by atoms with Crippen LogP contribution < -0.4 is 15.4 Å². The van der Waals surface area contributed by atoms with Crippen molar-refractivity contribution in [1.82, 2.24) is 35.5 Å². The molecule has 12 nitrogen and oxygen atoms in total. The van der Waals surface area contributed by atoms with Crippen molar-refractivity contribution in [1.29, 1.82) is 0 Å². The number of urea groups is 1. The maximum atomic E-state index is 12.1. The number of aryl methyl sites for hydroxylation is 1. The Hall–Kier alpha value is -6.47. The first-order valence-corrected chi connectivity index (χ1v) is 19.1. The number of para-hydroxylation sites is 1. The van der Waals surface area contributed by atoms with Gasteiger partial charge < -0.3 is 29.4 Å². The summed E-state index contributed by atoms with van der Waals surface area (Å²) >= 11 is 1.54. The average molecular weight is 754 g/mol. The van der Waals surface area contributed by atoms with E-state index in [0.717, 1.165) is 73.6 Å². The molecule has 3 amide bonds. The summed E-state index contributed by atoms with van der Waals surface area (Å²) in [4.78, 5) is 30.9. The van der Waals surface area contributed by atoms with Gasteiger partial charge in [0.2, 0.25) is 0 Å². The third-order valence-electron chi connectivity index (χ3n) is 9.28. The second kappa shape index (κ2) is 16.7. The second-order valence-electron chi connectivity index (χ2n) is 13.1. The summed E-state index contributed by atoms with van der Waals surface area (Å²) in [5.74, 6) is 0.640. The molecule has 0 atom stereocenters. The highest BCUT2D eigenvalue weighted by atomic mass is 32.1. The third kappa shape index (κ3) is 8.68. The van der Waals surface area contributed by atoms with Crippen LogP contribution in [-0.4, -0.2) is 69.8 Å². The summed E-state index contributed by atoms with van der Waals surface area (Å²) in [6, 6.07) is 29.6. The maximum Gasteiger partial charge on any atom is 0.407 e. The number of benzene rings is 4. The number of amides is 3. The van der Waals surface area contributed by atoms with Crippen LogP contribution in [0.25, 0.3) is 50.3 Å². The molecule has 0 saturated carbocycles. The zero-order valence-electron chi connectivity index (χ0n) is 30.0. The van der Waals surface area contributed by atoms with Crippen LogP contribution in [0.1, 0.15) is 35.4 Å². The van der Waals surface area contributed by atoms with E-state index in [2.05, 4.69) is 39.2 Å².